The zero-order valence-electron chi connectivity index (χ0n) is 10.4. The van der Waals surface area contributed by atoms with Gasteiger partial charge in [-0.05, 0) is 0 Å². The van der Waals surface area contributed by atoms with Gasteiger partial charge in [0.05, 0.1) is 0 Å². The maximum absolute atomic E-state index is 10.1. The van der Waals surface area contributed by atoms with Crippen LogP contribution in [-0.4, -0.2) is 43.1 Å². The number of aromatic nitrogens is 3. The molecule has 1 aliphatic rings. The van der Waals surface area contributed by atoms with Crippen molar-refractivity contribution in [2.75, 3.05) is 5.73 Å². The number of hydrogen-bond donors (Lipinski definition) is 3. The van der Waals surface area contributed by atoms with E-state index >= 15 is 0 Å². The molecule has 0 spiro atoms. The van der Waals surface area contributed by atoms with Gasteiger partial charge in [0.15, 0.2) is 0 Å². The van der Waals surface area contributed by atoms with E-state index in [1.165, 1.54) is 6.33 Å². The second-order valence-electron chi connectivity index (χ2n) is 4.73. The minimum atomic E-state index is -0.977. The molecule has 8 heteroatoms. The number of nitrogens with two attached hydrogens (primary N) is 1. The van der Waals surface area contributed by atoms with E-state index in [1.54, 1.807) is 11.5 Å². The van der Waals surface area contributed by atoms with Gasteiger partial charge in [-0.3, -0.25) is 0 Å². The van der Waals surface area contributed by atoms with Crippen molar-refractivity contribution >= 4 is 19.9 Å². The van der Waals surface area contributed by atoms with E-state index < -0.39 is 24.5 Å². The first-order valence-corrected chi connectivity index (χ1v) is 8.70. The molecule has 0 aromatic carbocycles. The van der Waals surface area contributed by atoms with Crippen molar-refractivity contribution in [3.05, 3.63) is 12.5 Å². The molecule has 1 aliphatic heterocycles. The molecular weight excluding hydrogens is 437 g/mol. The molecule has 0 unspecified atom stereocenters. The number of nitrogen functional groups attached to an aromatic ring is 1. The molecule has 1 saturated heterocycles. The minimum absolute atomic E-state index is 0.337. The van der Waals surface area contributed by atoms with Crippen LogP contribution in [0.15, 0.2) is 12.5 Å². The Hall–Kier alpha value is -0.765. The van der Waals surface area contributed by atoms with Crippen molar-refractivity contribution in [3.8, 4) is 0 Å². The molecule has 2 aromatic heterocycles. The van der Waals surface area contributed by atoms with Crippen molar-refractivity contribution in [1.29, 1.82) is 0 Å². The zero-order valence-corrected chi connectivity index (χ0v) is 15.9. The van der Waals surface area contributed by atoms with E-state index in [0.717, 1.165) is 8.46 Å². The summed E-state index contributed by atoms with van der Waals surface area (Å²) < 4.78 is 8.45. The Labute approximate surface area is 125 Å². The van der Waals surface area contributed by atoms with Crippen molar-refractivity contribution < 1.29 is 41.1 Å². The van der Waals surface area contributed by atoms with Crippen LogP contribution >= 0.6 is 0 Å². The van der Waals surface area contributed by atoms with E-state index in [1.807, 2.05) is 6.20 Å². The fourth-order valence-corrected chi connectivity index (χ4v) is 4.52. The first-order valence-electron chi connectivity index (χ1n) is 5.95. The number of rotatable bonds is 1. The third-order valence-electron chi connectivity index (χ3n) is 3.47. The monoisotopic (exact) mass is 451 g/mol. The predicted octanol–water partition coefficient (Wildman–Crippen LogP) is -1.18. The molecule has 0 saturated carbocycles. The maximum atomic E-state index is 10.1. The molecule has 3 rings (SSSR count). The molecule has 0 bridgehead atoms. The van der Waals surface area contributed by atoms with Gasteiger partial charge in [-0.1, -0.05) is 0 Å². The quantitative estimate of drug-likeness (QED) is 0.474. The summed E-state index contributed by atoms with van der Waals surface area (Å²) in [5.41, 5.74) is 6.51. The van der Waals surface area contributed by atoms with Gasteiger partial charge in [0, 0.05) is 0 Å². The molecule has 1 fully saturated rings. The first kappa shape index (κ1) is 13.2. The topological polar surface area (TPSA) is 106 Å². The van der Waals surface area contributed by atoms with Gasteiger partial charge in [0.2, 0.25) is 0 Å². The van der Waals surface area contributed by atoms with E-state index in [9.17, 15) is 10.2 Å². The van der Waals surface area contributed by atoms with Gasteiger partial charge >= 0.3 is 125 Å². The van der Waals surface area contributed by atoms with Crippen molar-refractivity contribution in [2.45, 2.75) is 31.5 Å². The standard InChI is InChI=1S/C11H13N4O3.Hg/c1-5-7(16)8(17)11(18-5)15-3-2-6-9(12)13-4-14-10(6)15;/h3-5,7-8,11,16-17H,1H3,(H2,12,13,14);/t5-,7-,8-,11-;/m1./s1. The summed E-state index contributed by atoms with van der Waals surface area (Å²) in [6.07, 6.45) is 0.344. The molecule has 4 atom stereocenters. The fourth-order valence-electron chi connectivity index (χ4n) is 2.44. The molecule has 2 aromatic rings. The van der Waals surface area contributed by atoms with Crippen LogP contribution in [0, 0.1) is 0 Å². The Morgan fingerprint density at radius 1 is 1.37 bits per heavy atom. The number of aliphatic hydroxyl groups is 2. The summed E-state index contributed by atoms with van der Waals surface area (Å²) in [6.45, 7) is 1.73. The fraction of sp³-hybridized carbons (Fsp3) is 0.455. The second kappa shape index (κ2) is 4.66. The molecule has 0 amide bonds. The van der Waals surface area contributed by atoms with Gasteiger partial charge in [-0.25, -0.2) is 0 Å². The van der Waals surface area contributed by atoms with Crippen LogP contribution < -0.4 is 8.81 Å². The number of aliphatic hydroxyl groups excluding tert-OH is 2. The van der Waals surface area contributed by atoms with E-state index in [2.05, 4.69) is 9.97 Å². The van der Waals surface area contributed by atoms with Crippen LogP contribution in [0.25, 0.3) is 11.0 Å². The Balaban J connectivity index is 2.14. The zero-order chi connectivity index (χ0) is 13.7. The number of nitrogens with zero attached hydrogens (tertiary/aromatic N) is 3. The molecule has 4 N–H and O–H groups in total. The summed E-state index contributed by atoms with van der Waals surface area (Å²) in [5.74, 6) is 0.440. The van der Waals surface area contributed by atoms with Gasteiger partial charge in [0.25, 0.3) is 0 Å². The van der Waals surface area contributed by atoms with Crippen molar-refractivity contribution in [2.24, 2.45) is 0 Å². The summed E-state index contributed by atoms with van der Waals surface area (Å²) >= 11 is 0.337. The van der Waals surface area contributed by atoms with Crippen LogP contribution in [0.2, 0.25) is 0 Å². The normalized spacial score (nSPS) is 31.2. The molecule has 0 radical (unpaired) electrons. The van der Waals surface area contributed by atoms with Crippen LogP contribution in [0.4, 0.5) is 5.82 Å². The number of anilines is 1. The van der Waals surface area contributed by atoms with E-state index in [-0.39, 0.29) is 0 Å². The molecule has 7 nitrogen and oxygen atoms in total. The summed E-state index contributed by atoms with van der Waals surface area (Å²) in [7, 11) is 0. The van der Waals surface area contributed by atoms with Crippen molar-refractivity contribution in [3.63, 3.8) is 0 Å². The predicted molar refractivity (Wildman–Crippen MR) is 63.2 cm³/mol. The van der Waals surface area contributed by atoms with Crippen LogP contribution in [-0.2, 0) is 30.9 Å². The van der Waals surface area contributed by atoms with E-state index in [4.69, 9.17) is 10.5 Å². The average molecular weight is 450 g/mol. The number of ether oxygens (including phenoxy) is 1. The Morgan fingerprint density at radius 3 is 2.74 bits per heavy atom. The Morgan fingerprint density at radius 2 is 2.11 bits per heavy atom. The summed E-state index contributed by atoms with van der Waals surface area (Å²) in [4.78, 5) is 8.21. The Kier molecular flexibility index (Phi) is 3.24. The van der Waals surface area contributed by atoms with Crippen LogP contribution in [0.5, 0.6) is 0 Å². The molecule has 3 heterocycles. The molecular formula is C11H13HgN4O3. The van der Waals surface area contributed by atoms with Crippen molar-refractivity contribution in [1.82, 2.24) is 14.5 Å². The molecule has 19 heavy (non-hydrogen) atoms. The third kappa shape index (κ3) is 1.96. The second-order valence-corrected chi connectivity index (χ2v) is 7.69. The first-order chi connectivity index (χ1) is 9.00. The number of fused-ring (bicyclic) bond motifs is 1. The molecule has 97 valence electrons. The van der Waals surface area contributed by atoms with Crippen LogP contribution in [0.1, 0.15) is 13.2 Å². The van der Waals surface area contributed by atoms with E-state index in [0.29, 0.717) is 37.6 Å². The third-order valence-corrected chi connectivity index (χ3v) is 5.55. The van der Waals surface area contributed by atoms with Gasteiger partial charge in [-0.15, -0.1) is 0 Å². The Bertz CT molecular complexity index is 632. The summed E-state index contributed by atoms with van der Waals surface area (Å²) in [5, 5.41) is 20.7. The van der Waals surface area contributed by atoms with Crippen LogP contribution in [0.3, 0.4) is 0 Å². The van der Waals surface area contributed by atoms with Gasteiger partial charge < -0.3 is 0 Å². The average Bonchev–Trinajstić information content (AvgIpc) is 2.83. The van der Waals surface area contributed by atoms with Gasteiger partial charge in [-0.2, -0.15) is 0 Å². The number of hydrogen-bond acceptors (Lipinski definition) is 6. The summed E-state index contributed by atoms with van der Waals surface area (Å²) in [6, 6.07) is 0. The van der Waals surface area contributed by atoms with Gasteiger partial charge in [0.1, 0.15) is 0 Å². The molecule has 0 aliphatic carbocycles. The SMILES string of the molecule is C[C@H]1O[C@@H](n2c[c]([Hg])c3c(N)ncnc32)[C@H](O)[C@@H]1O.